The van der Waals surface area contributed by atoms with E-state index in [1.54, 1.807) is 26.0 Å². The zero-order chi connectivity index (χ0) is 20.4. The topological polar surface area (TPSA) is 148 Å². The van der Waals surface area contributed by atoms with E-state index in [2.05, 4.69) is 5.32 Å². The lowest BCUT2D eigenvalue weighted by atomic mass is 10.2. The first-order chi connectivity index (χ1) is 12.8. The predicted octanol–water partition coefficient (Wildman–Crippen LogP) is 3.39. The average Bonchev–Trinajstić information content (AvgIpc) is 2.63. The molecule has 0 spiro atoms. The van der Waals surface area contributed by atoms with E-state index in [1.165, 1.54) is 24.4 Å². The van der Waals surface area contributed by atoms with Gasteiger partial charge in [0.15, 0.2) is 0 Å². The number of allylic oxidation sites excluding steroid dienone is 4. The van der Waals surface area contributed by atoms with Crippen LogP contribution in [0.15, 0.2) is 53.8 Å². The highest BCUT2D eigenvalue weighted by atomic mass is 16.6. The zero-order valence-electron chi connectivity index (χ0n) is 14.5. The van der Waals surface area contributed by atoms with Crippen molar-refractivity contribution in [1.29, 1.82) is 5.26 Å². The molecule has 0 heterocycles. The van der Waals surface area contributed by atoms with Crippen molar-refractivity contribution in [3.8, 4) is 6.07 Å². The summed E-state index contributed by atoms with van der Waals surface area (Å²) in [4.78, 5) is 31.8. The molecule has 27 heavy (non-hydrogen) atoms. The molecular weight excluding hydrogens is 356 g/mol. The SMILES string of the molecule is CCOC(=O)C(C#N)=CC=CC(C)=CNc1ccc([N+](=O)[O-])cc1[N+](=O)[O-]. The molecular formula is C17H16N4O6. The number of nitriles is 1. The summed E-state index contributed by atoms with van der Waals surface area (Å²) in [7, 11) is 0. The average molecular weight is 372 g/mol. The van der Waals surface area contributed by atoms with Crippen LogP contribution in [0, 0.1) is 31.6 Å². The van der Waals surface area contributed by atoms with Crippen molar-refractivity contribution in [2.75, 3.05) is 11.9 Å². The zero-order valence-corrected chi connectivity index (χ0v) is 14.5. The standard InChI is InChI=1S/C17H16N4O6/c1-3-27-17(22)13(10-18)6-4-5-12(2)11-19-15-8-7-14(20(23)24)9-16(15)21(25)26/h4-9,11,19H,3H2,1-2H3. The van der Waals surface area contributed by atoms with Crippen LogP contribution in [-0.4, -0.2) is 22.4 Å². The van der Waals surface area contributed by atoms with Crippen LogP contribution in [0.5, 0.6) is 0 Å². The van der Waals surface area contributed by atoms with E-state index >= 15 is 0 Å². The number of nitrogens with zero attached hydrogens (tertiary/aromatic N) is 3. The molecule has 1 aromatic carbocycles. The Morgan fingerprint density at radius 2 is 2.04 bits per heavy atom. The maximum atomic E-state index is 11.5. The first-order valence-corrected chi connectivity index (χ1v) is 7.61. The highest BCUT2D eigenvalue weighted by molar-refractivity contribution is 5.93. The number of esters is 1. The molecule has 0 unspecified atom stereocenters. The van der Waals surface area contributed by atoms with Crippen LogP contribution < -0.4 is 5.32 Å². The predicted molar refractivity (Wildman–Crippen MR) is 96.6 cm³/mol. The first-order valence-electron chi connectivity index (χ1n) is 7.61. The van der Waals surface area contributed by atoms with Crippen LogP contribution in [0.2, 0.25) is 0 Å². The van der Waals surface area contributed by atoms with Crippen molar-refractivity contribution < 1.29 is 19.4 Å². The summed E-state index contributed by atoms with van der Waals surface area (Å²) < 4.78 is 4.72. The van der Waals surface area contributed by atoms with Gasteiger partial charge >= 0.3 is 5.97 Å². The monoisotopic (exact) mass is 372 g/mol. The third kappa shape index (κ3) is 6.43. The molecule has 0 fully saturated rings. The van der Waals surface area contributed by atoms with Gasteiger partial charge in [0.25, 0.3) is 11.4 Å². The Morgan fingerprint density at radius 3 is 2.59 bits per heavy atom. The molecule has 0 aliphatic rings. The lowest BCUT2D eigenvalue weighted by Gasteiger charge is -2.03. The second-order valence-corrected chi connectivity index (χ2v) is 5.02. The molecule has 0 amide bonds. The Labute approximate surface area is 154 Å². The minimum Gasteiger partial charge on any atom is -0.462 e. The summed E-state index contributed by atoms with van der Waals surface area (Å²) in [6.45, 7) is 3.45. The molecule has 10 nitrogen and oxygen atoms in total. The fourth-order valence-corrected chi connectivity index (χ4v) is 1.80. The van der Waals surface area contributed by atoms with Crippen LogP contribution >= 0.6 is 0 Å². The van der Waals surface area contributed by atoms with Crippen molar-refractivity contribution in [3.05, 3.63) is 74.0 Å². The first kappa shape index (κ1) is 21.0. The summed E-state index contributed by atoms with van der Waals surface area (Å²) in [5.41, 5.74) is -0.301. The molecule has 0 saturated carbocycles. The summed E-state index contributed by atoms with van der Waals surface area (Å²) in [6.07, 6.45) is 5.73. The smallest absolute Gasteiger partial charge is 0.348 e. The number of nitro groups is 2. The summed E-state index contributed by atoms with van der Waals surface area (Å²) in [5, 5.41) is 33.4. The molecule has 140 valence electrons. The number of nitrogens with one attached hydrogen (secondary N) is 1. The Bertz CT molecular complexity index is 880. The van der Waals surface area contributed by atoms with E-state index in [0.29, 0.717) is 5.57 Å². The molecule has 0 aliphatic carbocycles. The van der Waals surface area contributed by atoms with E-state index in [-0.39, 0.29) is 23.6 Å². The second-order valence-electron chi connectivity index (χ2n) is 5.02. The molecule has 10 heteroatoms. The van der Waals surface area contributed by atoms with Gasteiger partial charge in [-0.15, -0.1) is 0 Å². The van der Waals surface area contributed by atoms with Gasteiger partial charge in [-0.3, -0.25) is 20.2 Å². The highest BCUT2D eigenvalue weighted by Crippen LogP contribution is 2.29. The summed E-state index contributed by atoms with van der Waals surface area (Å²) in [5.74, 6) is -0.731. The van der Waals surface area contributed by atoms with Crippen molar-refractivity contribution in [2.45, 2.75) is 13.8 Å². The fraction of sp³-hybridized carbons (Fsp3) is 0.176. The number of rotatable bonds is 8. The molecule has 0 atom stereocenters. The number of anilines is 1. The molecule has 1 aromatic rings. The number of non-ortho nitro benzene ring substituents is 1. The molecule has 0 aliphatic heterocycles. The van der Waals surface area contributed by atoms with Gasteiger partial charge in [0.1, 0.15) is 17.3 Å². The third-order valence-corrected chi connectivity index (χ3v) is 3.08. The van der Waals surface area contributed by atoms with E-state index in [9.17, 15) is 25.0 Å². The molecule has 0 radical (unpaired) electrons. The lowest BCUT2D eigenvalue weighted by molar-refractivity contribution is -0.393. The van der Waals surface area contributed by atoms with Crippen molar-refractivity contribution >= 4 is 23.0 Å². The number of benzene rings is 1. The van der Waals surface area contributed by atoms with Crippen LogP contribution in [0.4, 0.5) is 17.1 Å². The van der Waals surface area contributed by atoms with Gasteiger partial charge in [-0.2, -0.15) is 5.26 Å². The Hall–Kier alpha value is -4.00. The number of carbonyl (C=O) groups is 1. The molecule has 0 saturated heterocycles. The number of hydrogen-bond acceptors (Lipinski definition) is 8. The highest BCUT2D eigenvalue weighted by Gasteiger charge is 2.18. The minimum atomic E-state index is -0.731. The Morgan fingerprint density at radius 1 is 1.33 bits per heavy atom. The van der Waals surface area contributed by atoms with E-state index in [4.69, 9.17) is 10.00 Å². The lowest BCUT2D eigenvalue weighted by Crippen LogP contribution is -2.05. The number of hydrogen-bond donors (Lipinski definition) is 1. The fourth-order valence-electron chi connectivity index (χ4n) is 1.80. The maximum Gasteiger partial charge on any atom is 0.348 e. The van der Waals surface area contributed by atoms with Crippen molar-refractivity contribution in [2.24, 2.45) is 0 Å². The minimum absolute atomic E-state index is 0.0816. The Kier molecular flexibility index (Phi) is 7.87. The van der Waals surface area contributed by atoms with Crippen LogP contribution in [0.3, 0.4) is 0 Å². The van der Waals surface area contributed by atoms with Gasteiger partial charge in [-0.1, -0.05) is 12.2 Å². The normalized spacial score (nSPS) is 11.7. The van der Waals surface area contributed by atoms with Crippen LogP contribution in [-0.2, 0) is 9.53 Å². The number of nitro benzene ring substituents is 2. The van der Waals surface area contributed by atoms with Gasteiger partial charge < -0.3 is 10.1 Å². The summed E-state index contributed by atoms with van der Waals surface area (Å²) in [6, 6.07) is 4.97. The third-order valence-electron chi connectivity index (χ3n) is 3.08. The van der Waals surface area contributed by atoms with Crippen molar-refractivity contribution in [3.63, 3.8) is 0 Å². The largest absolute Gasteiger partial charge is 0.462 e. The van der Waals surface area contributed by atoms with E-state index in [1.807, 2.05) is 0 Å². The molecule has 1 rings (SSSR count). The quantitative estimate of drug-likeness (QED) is 0.182. The van der Waals surface area contributed by atoms with Gasteiger partial charge in [0.2, 0.25) is 0 Å². The molecule has 0 aromatic heterocycles. The van der Waals surface area contributed by atoms with Gasteiger partial charge in [0, 0.05) is 12.3 Å². The van der Waals surface area contributed by atoms with E-state index in [0.717, 1.165) is 12.1 Å². The molecule has 1 N–H and O–H groups in total. The number of ether oxygens (including phenoxy) is 1. The second kappa shape index (κ2) is 10.1. The number of carbonyl (C=O) groups excluding carboxylic acids is 1. The van der Waals surface area contributed by atoms with Crippen LogP contribution in [0.1, 0.15) is 13.8 Å². The Balaban J connectivity index is 2.94. The van der Waals surface area contributed by atoms with Gasteiger partial charge in [-0.25, -0.2) is 4.79 Å². The van der Waals surface area contributed by atoms with Gasteiger partial charge in [-0.05, 0) is 31.6 Å². The van der Waals surface area contributed by atoms with Crippen LogP contribution in [0.25, 0.3) is 0 Å². The van der Waals surface area contributed by atoms with E-state index < -0.39 is 21.5 Å². The summed E-state index contributed by atoms with van der Waals surface area (Å²) >= 11 is 0. The van der Waals surface area contributed by atoms with Crippen molar-refractivity contribution in [1.82, 2.24) is 0 Å². The van der Waals surface area contributed by atoms with Gasteiger partial charge in [0.05, 0.1) is 22.5 Å². The maximum absolute atomic E-state index is 11.5. The molecule has 0 bridgehead atoms.